The minimum Gasteiger partial charge on any atom is -0.481 e. The van der Waals surface area contributed by atoms with Crippen LogP contribution in [0.2, 0.25) is 0 Å². The number of rotatable bonds is 10. The van der Waals surface area contributed by atoms with Gasteiger partial charge in [0.2, 0.25) is 0 Å². The number of unbranched alkanes of at least 4 members (excludes halogenated alkanes) is 1. The van der Waals surface area contributed by atoms with Crippen molar-refractivity contribution in [2.45, 2.75) is 32.6 Å². The van der Waals surface area contributed by atoms with Crippen molar-refractivity contribution in [2.24, 2.45) is 10.5 Å². The molecule has 0 amide bonds. The molecule has 0 aliphatic heterocycles. The van der Waals surface area contributed by atoms with Crippen LogP contribution in [0.5, 0.6) is 0 Å². The van der Waals surface area contributed by atoms with Gasteiger partial charge in [0, 0.05) is 31.7 Å². The summed E-state index contributed by atoms with van der Waals surface area (Å²) in [6.45, 7) is 1.99. The molecule has 0 fully saturated rings. The monoisotopic (exact) mass is 261 g/mol. The summed E-state index contributed by atoms with van der Waals surface area (Å²) in [7, 11) is 1.69. The molecular formula is C10H19N3O5. The second kappa shape index (κ2) is 10.3. The molecule has 0 saturated heterocycles. The van der Waals surface area contributed by atoms with Crippen LogP contribution in [0, 0.1) is 0 Å². The SMILES string of the molecule is CCC(=O)OCO/N=N\N(C)CCCCC(=O)O. The van der Waals surface area contributed by atoms with Gasteiger partial charge in [-0.1, -0.05) is 6.92 Å². The Morgan fingerprint density at radius 2 is 2.06 bits per heavy atom. The average molecular weight is 261 g/mol. The zero-order chi connectivity index (χ0) is 13.8. The number of aliphatic carboxylic acids is 1. The smallest absolute Gasteiger partial charge is 0.308 e. The van der Waals surface area contributed by atoms with Crippen molar-refractivity contribution >= 4 is 11.9 Å². The zero-order valence-electron chi connectivity index (χ0n) is 10.7. The minimum atomic E-state index is -0.805. The van der Waals surface area contributed by atoms with Crippen LogP contribution < -0.4 is 0 Å². The summed E-state index contributed by atoms with van der Waals surface area (Å²) in [5.41, 5.74) is 0. The molecule has 8 heteroatoms. The molecule has 0 aromatic heterocycles. The number of carboxylic acid groups (broad SMARTS) is 1. The van der Waals surface area contributed by atoms with E-state index in [-0.39, 0.29) is 25.6 Å². The highest BCUT2D eigenvalue weighted by molar-refractivity contribution is 5.68. The molecule has 104 valence electrons. The number of carbonyl (C=O) groups is 2. The summed E-state index contributed by atoms with van der Waals surface area (Å²) in [6.07, 6.45) is 1.72. The second-order valence-electron chi connectivity index (χ2n) is 3.52. The molecule has 1 N–H and O–H groups in total. The number of carboxylic acids is 1. The van der Waals surface area contributed by atoms with Crippen LogP contribution in [0.4, 0.5) is 0 Å². The summed E-state index contributed by atoms with van der Waals surface area (Å²) >= 11 is 0. The molecule has 18 heavy (non-hydrogen) atoms. The highest BCUT2D eigenvalue weighted by Crippen LogP contribution is 1.98. The van der Waals surface area contributed by atoms with E-state index in [1.54, 1.807) is 14.0 Å². The Kier molecular flexibility index (Phi) is 9.24. The molecule has 0 radical (unpaired) electrons. The Morgan fingerprint density at radius 1 is 1.33 bits per heavy atom. The van der Waals surface area contributed by atoms with Gasteiger partial charge in [-0.2, -0.15) is 0 Å². The molecule has 0 aromatic carbocycles. The Labute approximate surface area is 105 Å². The number of hydrogen-bond acceptors (Lipinski definition) is 6. The van der Waals surface area contributed by atoms with Crippen LogP contribution >= 0.6 is 0 Å². The molecular weight excluding hydrogens is 242 g/mol. The van der Waals surface area contributed by atoms with Crippen LogP contribution in [0.1, 0.15) is 32.6 Å². The number of hydrogen-bond donors (Lipinski definition) is 1. The molecule has 0 aliphatic rings. The van der Waals surface area contributed by atoms with Crippen LogP contribution in [-0.2, 0) is 19.2 Å². The van der Waals surface area contributed by atoms with Gasteiger partial charge < -0.3 is 14.7 Å². The number of esters is 1. The van der Waals surface area contributed by atoms with Gasteiger partial charge in [0.1, 0.15) is 0 Å². The average Bonchev–Trinajstić information content (AvgIpc) is 2.33. The van der Waals surface area contributed by atoms with Crippen molar-refractivity contribution in [1.29, 1.82) is 0 Å². The van der Waals surface area contributed by atoms with Gasteiger partial charge in [-0.25, -0.2) is 0 Å². The third-order valence-electron chi connectivity index (χ3n) is 1.93. The molecule has 0 unspecified atom stereocenters. The van der Waals surface area contributed by atoms with Crippen LogP contribution in [0.15, 0.2) is 10.5 Å². The largest absolute Gasteiger partial charge is 0.481 e. The number of carbonyl (C=O) groups excluding carboxylic acids is 1. The standard InChI is InChI=1S/C10H19N3O5/c1-3-10(16)17-8-18-12-11-13(2)7-5-4-6-9(14)15/h3-8H2,1-2H3,(H,14,15)/b12-11-. The maximum Gasteiger partial charge on any atom is 0.308 e. The first-order valence-corrected chi connectivity index (χ1v) is 5.67. The van der Waals surface area contributed by atoms with Gasteiger partial charge in [0.05, 0.1) is 0 Å². The molecule has 0 aromatic rings. The van der Waals surface area contributed by atoms with Crippen molar-refractivity contribution in [1.82, 2.24) is 5.01 Å². The fourth-order valence-corrected chi connectivity index (χ4v) is 0.967. The molecule has 8 nitrogen and oxygen atoms in total. The third kappa shape index (κ3) is 10.7. The summed E-state index contributed by atoms with van der Waals surface area (Å²) in [4.78, 5) is 25.6. The lowest BCUT2D eigenvalue weighted by Gasteiger charge is -2.09. The van der Waals surface area contributed by atoms with E-state index in [2.05, 4.69) is 20.1 Å². The highest BCUT2D eigenvalue weighted by atomic mass is 16.8. The first kappa shape index (κ1) is 16.1. The summed E-state index contributed by atoms with van der Waals surface area (Å²) in [5, 5.41) is 17.0. The lowest BCUT2D eigenvalue weighted by atomic mass is 10.2. The first-order valence-electron chi connectivity index (χ1n) is 5.67. The quantitative estimate of drug-likeness (QED) is 0.209. The Morgan fingerprint density at radius 3 is 2.67 bits per heavy atom. The lowest BCUT2D eigenvalue weighted by molar-refractivity contribution is -0.157. The van der Waals surface area contributed by atoms with Gasteiger partial charge >= 0.3 is 11.9 Å². The van der Waals surface area contributed by atoms with E-state index in [9.17, 15) is 9.59 Å². The van der Waals surface area contributed by atoms with Crippen molar-refractivity contribution in [3.8, 4) is 0 Å². The molecule has 0 spiro atoms. The second-order valence-corrected chi connectivity index (χ2v) is 3.52. The van der Waals surface area contributed by atoms with Crippen molar-refractivity contribution in [3.63, 3.8) is 0 Å². The Balaban J connectivity index is 3.47. The van der Waals surface area contributed by atoms with E-state index < -0.39 is 5.97 Å². The predicted octanol–water partition coefficient (Wildman–Crippen LogP) is 1.38. The highest BCUT2D eigenvalue weighted by Gasteiger charge is 1.99. The fourth-order valence-electron chi connectivity index (χ4n) is 0.967. The molecule has 0 saturated carbocycles. The topological polar surface area (TPSA) is 101 Å². The zero-order valence-corrected chi connectivity index (χ0v) is 10.7. The maximum absolute atomic E-state index is 10.7. The van der Waals surface area contributed by atoms with E-state index >= 15 is 0 Å². The number of ether oxygens (including phenoxy) is 1. The fraction of sp³-hybridized carbons (Fsp3) is 0.800. The van der Waals surface area contributed by atoms with Gasteiger partial charge in [-0.05, 0) is 18.1 Å². The van der Waals surface area contributed by atoms with E-state index in [4.69, 9.17) is 5.11 Å². The molecule has 0 atom stereocenters. The van der Waals surface area contributed by atoms with Crippen molar-refractivity contribution in [3.05, 3.63) is 0 Å². The van der Waals surface area contributed by atoms with E-state index in [0.717, 1.165) is 0 Å². The van der Waals surface area contributed by atoms with Crippen LogP contribution in [0.3, 0.4) is 0 Å². The minimum absolute atomic E-state index is 0.147. The third-order valence-corrected chi connectivity index (χ3v) is 1.93. The van der Waals surface area contributed by atoms with Gasteiger partial charge in [-0.15, -0.1) is 0 Å². The maximum atomic E-state index is 10.7. The van der Waals surface area contributed by atoms with E-state index in [0.29, 0.717) is 19.4 Å². The van der Waals surface area contributed by atoms with Crippen molar-refractivity contribution < 1.29 is 24.3 Å². The summed E-state index contributed by atoms with van der Waals surface area (Å²) < 4.78 is 4.60. The number of nitrogens with zero attached hydrogens (tertiary/aromatic N) is 3. The van der Waals surface area contributed by atoms with Crippen molar-refractivity contribution in [2.75, 3.05) is 20.4 Å². The summed E-state index contributed by atoms with van der Waals surface area (Å²) in [6, 6.07) is 0. The lowest BCUT2D eigenvalue weighted by Crippen LogP contribution is -2.12. The molecule has 0 rings (SSSR count). The normalized spacial score (nSPS) is 10.3. The summed E-state index contributed by atoms with van der Waals surface area (Å²) in [5.74, 6) is -1.17. The molecule has 0 heterocycles. The van der Waals surface area contributed by atoms with E-state index in [1.165, 1.54) is 5.01 Å². The van der Waals surface area contributed by atoms with E-state index in [1.807, 2.05) is 0 Å². The predicted molar refractivity (Wildman–Crippen MR) is 61.3 cm³/mol. The first-order chi connectivity index (χ1) is 8.56. The van der Waals surface area contributed by atoms with Crippen LogP contribution in [0.25, 0.3) is 0 Å². The Hall–Kier alpha value is -1.86. The van der Waals surface area contributed by atoms with Gasteiger partial charge in [0.15, 0.2) is 0 Å². The van der Waals surface area contributed by atoms with Crippen LogP contribution in [-0.4, -0.2) is 42.4 Å². The van der Waals surface area contributed by atoms with Gasteiger partial charge in [-0.3, -0.25) is 14.6 Å². The molecule has 0 aliphatic carbocycles. The molecule has 0 bridgehead atoms. The van der Waals surface area contributed by atoms with Gasteiger partial charge in [0.25, 0.3) is 6.79 Å². The Bertz CT molecular complexity index is 283.